The van der Waals surface area contributed by atoms with Gasteiger partial charge in [0, 0.05) is 13.1 Å². The van der Waals surface area contributed by atoms with Crippen LogP contribution in [0.3, 0.4) is 0 Å². The summed E-state index contributed by atoms with van der Waals surface area (Å²) in [5, 5.41) is 24.4. The molecule has 25 heavy (non-hydrogen) atoms. The summed E-state index contributed by atoms with van der Waals surface area (Å²) in [5.74, 6) is 0.947. The molecule has 4 N–H and O–H groups in total. The number of nitrogens with zero attached hydrogens (tertiary/aromatic N) is 1. The fraction of sp³-hybridized carbons (Fsp3) is 0.647. The van der Waals surface area contributed by atoms with Gasteiger partial charge in [-0.2, -0.15) is 0 Å². The molecule has 140 valence electrons. The number of piperazine rings is 1. The second kappa shape index (κ2) is 8.46. The van der Waals surface area contributed by atoms with Crippen molar-refractivity contribution in [1.82, 2.24) is 15.5 Å². The van der Waals surface area contributed by atoms with Crippen LogP contribution < -0.4 is 10.6 Å². The van der Waals surface area contributed by atoms with Gasteiger partial charge in [-0.3, -0.25) is 14.5 Å². The van der Waals surface area contributed by atoms with Crippen molar-refractivity contribution in [3.63, 3.8) is 0 Å². The standard InChI is InChI=1S/C17H27N3O5/c1-3-17(10-21,11-22)19-15(23)8-14-16(24)18-6-7-20(14)9-13-5-4-12(2)25-13/h4-5,14,21-22H,3,6-11H2,1-2H3,(H,18,24)(H,19,23). The molecule has 2 rings (SSSR count). The zero-order valence-corrected chi connectivity index (χ0v) is 14.7. The molecule has 0 radical (unpaired) electrons. The third kappa shape index (κ3) is 4.81. The predicted molar refractivity (Wildman–Crippen MR) is 90.6 cm³/mol. The Morgan fingerprint density at radius 2 is 2.16 bits per heavy atom. The summed E-state index contributed by atoms with van der Waals surface area (Å²) < 4.78 is 5.57. The van der Waals surface area contributed by atoms with E-state index in [0.29, 0.717) is 26.1 Å². The lowest BCUT2D eigenvalue weighted by molar-refractivity contribution is -0.135. The van der Waals surface area contributed by atoms with Crippen LogP contribution in [0.15, 0.2) is 16.5 Å². The van der Waals surface area contributed by atoms with Gasteiger partial charge < -0.3 is 25.3 Å². The van der Waals surface area contributed by atoms with Crippen molar-refractivity contribution < 1.29 is 24.2 Å². The molecule has 2 heterocycles. The minimum absolute atomic E-state index is 0.0483. The number of aliphatic hydroxyl groups excluding tert-OH is 2. The Morgan fingerprint density at radius 3 is 2.72 bits per heavy atom. The largest absolute Gasteiger partial charge is 0.465 e. The second-order valence-electron chi connectivity index (χ2n) is 6.49. The van der Waals surface area contributed by atoms with Gasteiger partial charge in [0.2, 0.25) is 11.8 Å². The smallest absolute Gasteiger partial charge is 0.237 e. The van der Waals surface area contributed by atoms with E-state index in [1.54, 1.807) is 6.92 Å². The maximum absolute atomic E-state index is 12.4. The molecule has 2 amide bonds. The van der Waals surface area contributed by atoms with Gasteiger partial charge in [-0.15, -0.1) is 0 Å². The zero-order valence-electron chi connectivity index (χ0n) is 14.7. The number of hydrogen-bond donors (Lipinski definition) is 4. The molecule has 8 heteroatoms. The van der Waals surface area contributed by atoms with Crippen LogP contribution >= 0.6 is 0 Å². The van der Waals surface area contributed by atoms with Crippen LogP contribution in [0.25, 0.3) is 0 Å². The molecule has 0 aliphatic carbocycles. The molecule has 1 aliphatic rings. The van der Waals surface area contributed by atoms with Gasteiger partial charge in [0.05, 0.1) is 37.8 Å². The van der Waals surface area contributed by atoms with Gasteiger partial charge in [0.15, 0.2) is 0 Å². The highest BCUT2D eigenvalue weighted by molar-refractivity contribution is 5.89. The Hall–Kier alpha value is -1.90. The molecule has 0 spiro atoms. The molecule has 0 saturated carbocycles. The van der Waals surface area contributed by atoms with Crippen LogP contribution in [0.4, 0.5) is 0 Å². The highest BCUT2D eigenvalue weighted by Gasteiger charge is 2.35. The Bertz CT molecular complexity index is 589. The van der Waals surface area contributed by atoms with E-state index in [2.05, 4.69) is 10.6 Å². The van der Waals surface area contributed by atoms with E-state index in [4.69, 9.17) is 4.42 Å². The van der Waals surface area contributed by atoms with Crippen molar-refractivity contribution in [2.75, 3.05) is 26.3 Å². The lowest BCUT2D eigenvalue weighted by atomic mass is 9.97. The van der Waals surface area contributed by atoms with Gasteiger partial charge in [-0.05, 0) is 25.5 Å². The van der Waals surface area contributed by atoms with E-state index in [0.717, 1.165) is 11.5 Å². The molecular formula is C17H27N3O5. The molecular weight excluding hydrogens is 326 g/mol. The predicted octanol–water partition coefficient (Wildman–Crippen LogP) is -0.472. The van der Waals surface area contributed by atoms with Gasteiger partial charge in [-0.25, -0.2) is 0 Å². The number of aliphatic hydroxyl groups is 2. The first kappa shape index (κ1) is 19.4. The van der Waals surface area contributed by atoms with E-state index >= 15 is 0 Å². The summed E-state index contributed by atoms with van der Waals surface area (Å²) in [5.41, 5.74) is -1.06. The molecule has 1 aromatic heterocycles. The monoisotopic (exact) mass is 353 g/mol. The second-order valence-corrected chi connectivity index (χ2v) is 6.49. The van der Waals surface area contributed by atoms with E-state index < -0.39 is 11.6 Å². The molecule has 1 aromatic rings. The number of carbonyl (C=O) groups is 2. The SMILES string of the molecule is CCC(CO)(CO)NC(=O)CC1C(=O)NCCN1Cc1ccc(C)o1. The molecule has 1 saturated heterocycles. The summed E-state index contributed by atoms with van der Waals surface area (Å²) in [6.45, 7) is 4.47. The summed E-state index contributed by atoms with van der Waals surface area (Å²) >= 11 is 0. The van der Waals surface area contributed by atoms with Crippen molar-refractivity contribution in [2.45, 2.75) is 44.8 Å². The first-order valence-corrected chi connectivity index (χ1v) is 8.53. The number of hydrogen-bond acceptors (Lipinski definition) is 6. The lowest BCUT2D eigenvalue weighted by Gasteiger charge is -2.35. The van der Waals surface area contributed by atoms with Gasteiger partial charge in [0.1, 0.15) is 11.5 Å². The highest BCUT2D eigenvalue weighted by Crippen LogP contribution is 2.17. The van der Waals surface area contributed by atoms with Crippen LogP contribution in [0, 0.1) is 6.92 Å². The van der Waals surface area contributed by atoms with Crippen molar-refractivity contribution >= 4 is 11.8 Å². The third-order valence-electron chi connectivity index (χ3n) is 4.66. The molecule has 1 fully saturated rings. The lowest BCUT2D eigenvalue weighted by Crippen LogP contribution is -2.58. The Balaban J connectivity index is 2.04. The van der Waals surface area contributed by atoms with Gasteiger partial charge in [0.25, 0.3) is 0 Å². The minimum Gasteiger partial charge on any atom is -0.465 e. The number of furan rings is 1. The zero-order chi connectivity index (χ0) is 18.4. The normalized spacial score (nSPS) is 18.9. The maximum Gasteiger partial charge on any atom is 0.237 e. The summed E-state index contributed by atoms with van der Waals surface area (Å²) in [4.78, 5) is 26.5. The third-order valence-corrected chi connectivity index (χ3v) is 4.66. The number of rotatable bonds is 8. The van der Waals surface area contributed by atoms with Crippen molar-refractivity contribution in [2.24, 2.45) is 0 Å². The average Bonchev–Trinajstić information content (AvgIpc) is 3.01. The highest BCUT2D eigenvalue weighted by atomic mass is 16.3. The molecule has 1 aliphatic heterocycles. The fourth-order valence-corrected chi connectivity index (χ4v) is 2.91. The van der Waals surface area contributed by atoms with Crippen LogP contribution in [-0.2, 0) is 16.1 Å². The maximum atomic E-state index is 12.4. The summed E-state index contributed by atoms with van der Waals surface area (Å²) in [7, 11) is 0. The minimum atomic E-state index is -1.06. The molecule has 8 nitrogen and oxygen atoms in total. The number of carbonyl (C=O) groups excluding carboxylic acids is 2. The van der Waals surface area contributed by atoms with Crippen molar-refractivity contribution in [3.8, 4) is 0 Å². The Morgan fingerprint density at radius 1 is 1.44 bits per heavy atom. The summed E-state index contributed by atoms with van der Waals surface area (Å²) in [6.07, 6.45) is 0.339. The Labute approximate surface area is 147 Å². The van der Waals surface area contributed by atoms with E-state index in [1.165, 1.54) is 0 Å². The molecule has 1 atom stereocenters. The quantitative estimate of drug-likeness (QED) is 0.502. The molecule has 0 bridgehead atoms. The average molecular weight is 353 g/mol. The van der Waals surface area contributed by atoms with E-state index in [-0.39, 0.29) is 31.4 Å². The first-order chi connectivity index (χ1) is 11.9. The first-order valence-electron chi connectivity index (χ1n) is 8.53. The number of aryl methyl sites for hydroxylation is 1. The van der Waals surface area contributed by atoms with Crippen molar-refractivity contribution in [3.05, 3.63) is 23.7 Å². The van der Waals surface area contributed by atoms with E-state index in [1.807, 2.05) is 24.0 Å². The van der Waals surface area contributed by atoms with Crippen LogP contribution in [0.5, 0.6) is 0 Å². The topological polar surface area (TPSA) is 115 Å². The summed E-state index contributed by atoms with van der Waals surface area (Å²) in [6, 6.07) is 3.10. The number of nitrogens with one attached hydrogen (secondary N) is 2. The van der Waals surface area contributed by atoms with Gasteiger partial charge >= 0.3 is 0 Å². The van der Waals surface area contributed by atoms with E-state index in [9.17, 15) is 19.8 Å². The fourth-order valence-electron chi connectivity index (χ4n) is 2.91. The molecule has 0 aromatic carbocycles. The number of amides is 2. The molecule has 1 unspecified atom stereocenters. The van der Waals surface area contributed by atoms with Crippen molar-refractivity contribution in [1.29, 1.82) is 0 Å². The van der Waals surface area contributed by atoms with Crippen LogP contribution in [0.1, 0.15) is 31.3 Å². The Kier molecular flexibility index (Phi) is 6.57. The van der Waals surface area contributed by atoms with Crippen LogP contribution in [-0.4, -0.2) is 64.8 Å². The van der Waals surface area contributed by atoms with Gasteiger partial charge in [-0.1, -0.05) is 6.92 Å². The van der Waals surface area contributed by atoms with Crippen LogP contribution in [0.2, 0.25) is 0 Å².